The van der Waals surface area contributed by atoms with Gasteiger partial charge in [-0.2, -0.15) is 0 Å². The SMILES string of the molecule is C=C(CCN(CC)CCCCCCC(=O)Oc1c(C)c(C)c2c(c1C)CCC(C)(CC/C=C(\C)CC/C=C(\C)CCC=C(C)C)O2)OC1CCC2(C)C(=CC=C3C2CCC2(C)C3CCC2C(C)C)C1. The van der Waals surface area contributed by atoms with Gasteiger partial charge in [-0.15, -0.1) is 0 Å². The first-order valence-electron chi connectivity index (χ1n) is 28.2. The van der Waals surface area contributed by atoms with Crippen LogP contribution in [0.1, 0.15) is 220 Å². The van der Waals surface area contributed by atoms with E-state index in [9.17, 15) is 4.79 Å². The number of hydrogen-bond donors (Lipinski definition) is 0. The molecule has 5 nitrogen and oxygen atoms in total. The van der Waals surface area contributed by atoms with Crippen LogP contribution in [0.4, 0.5) is 0 Å². The van der Waals surface area contributed by atoms with Crippen LogP contribution in [0.2, 0.25) is 0 Å². The highest BCUT2D eigenvalue weighted by Crippen LogP contribution is 2.66. The van der Waals surface area contributed by atoms with Crippen LogP contribution in [0.3, 0.4) is 0 Å². The Kier molecular flexibility index (Phi) is 19.5. The molecule has 4 aliphatic carbocycles. The van der Waals surface area contributed by atoms with Gasteiger partial charge in [-0.3, -0.25) is 4.79 Å². The first kappa shape index (κ1) is 55.0. The largest absolute Gasteiger partial charge is 0.495 e. The predicted octanol–water partition coefficient (Wildman–Crippen LogP) is 17.5. The van der Waals surface area contributed by atoms with Gasteiger partial charge < -0.3 is 19.1 Å². The molecule has 0 radical (unpaired) electrons. The first-order chi connectivity index (χ1) is 32.8. The molecule has 1 aliphatic heterocycles. The molecule has 0 spiro atoms. The molecule has 6 rings (SSSR count). The summed E-state index contributed by atoms with van der Waals surface area (Å²) in [7, 11) is 0. The van der Waals surface area contributed by atoms with Crippen LogP contribution in [0, 0.1) is 55.3 Å². The van der Waals surface area contributed by atoms with Crippen molar-refractivity contribution in [2.75, 3.05) is 19.6 Å². The molecule has 1 heterocycles. The molecule has 5 aliphatic rings. The molecule has 1 aromatic rings. The number of rotatable bonds is 24. The number of fused-ring (bicyclic) bond motifs is 6. The molecule has 0 saturated heterocycles. The van der Waals surface area contributed by atoms with Crippen molar-refractivity contribution in [1.29, 1.82) is 0 Å². The maximum Gasteiger partial charge on any atom is 0.311 e. The number of esters is 1. The zero-order chi connectivity index (χ0) is 50.1. The van der Waals surface area contributed by atoms with E-state index >= 15 is 0 Å². The number of nitrogens with zero attached hydrogens (tertiary/aromatic N) is 1. The molecule has 7 atom stereocenters. The van der Waals surface area contributed by atoms with Crippen molar-refractivity contribution in [3.05, 3.63) is 92.8 Å². The molecule has 0 amide bonds. The van der Waals surface area contributed by atoms with Gasteiger partial charge in [-0.1, -0.05) is 112 Å². The van der Waals surface area contributed by atoms with Crippen LogP contribution >= 0.6 is 0 Å². The third kappa shape index (κ3) is 13.6. The van der Waals surface area contributed by atoms with Gasteiger partial charge >= 0.3 is 5.97 Å². The highest BCUT2D eigenvalue weighted by atomic mass is 16.5. The molecular formula is C64H99NO4. The summed E-state index contributed by atoms with van der Waals surface area (Å²) in [5, 5.41) is 0. The minimum Gasteiger partial charge on any atom is -0.495 e. The van der Waals surface area contributed by atoms with Crippen molar-refractivity contribution >= 4 is 5.97 Å². The second kappa shape index (κ2) is 24.4. The summed E-state index contributed by atoms with van der Waals surface area (Å²) in [6.45, 7) is 37.3. The summed E-state index contributed by atoms with van der Waals surface area (Å²) in [5.74, 6) is 5.72. The number of benzene rings is 1. The van der Waals surface area contributed by atoms with E-state index in [0.29, 0.717) is 23.2 Å². The van der Waals surface area contributed by atoms with Crippen LogP contribution in [-0.2, 0) is 16.0 Å². The molecule has 7 unspecified atom stereocenters. The Morgan fingerprint density at radius 2 is 1.51 bits per heavy atom. The smallest absolute Gasteiger partial charge is 0.311 e. The van der Waals surface area contributed by atoms with Crippen molar-refractivity contribution in [2.45, 2.75) is 237 Å². The minimum atomic E-state index is -0.205. The Morgan fingerprint density at radius 3 is 2.22 bits per heavy atom. The Balaban J connectivity index is 0.871. The van der Waals surface area contributed by atoms with Crippen LogP contribution in [-0.4, -0.2) is 42.2 Å². The lowest BCUT2D eigenvalue weighted by Crippen LogP contribution is -2.46. The average molecular weight is 946 g/mol. The van der Waals surface area contributed by atoms with Gasteiger partial charge in [0.1, 0.15) is 23.2 Å². The fourth-order valence-corrected chi connectivity index (χ4v) is 13.9. The highest BCUT2D eigenvalue weighted by Gasteiger charge is 2.56. The average Bonchev–Trinajstić information content (AvgIpc) is 3.67. The van der Waals surface area contributed by atoms with E-state index in [4.69, 9.17) is 14.2 Å². The Hall–Kier alpha value is -3.31. The molecule has 1 aromatic carbocycles. The quantitative estimate of drug-likeness (QED) is 0.0340. The molecule has 0 N–H and O–H groups in total. The van der Waals surface area contributed by atoms with E-state index in [-0.39, 0.29) is 17.7 Å². The number of ether oxygens (including phenoxy) is 3. The van der Waals surface area contributed by atoms with E-state index < -0.39 is 0 Å². The van der Waals surface area contributed by atoms with Gasteiger partial charge in [0.25, 0.3) is 0 Å². The number of hydrogen-bond acceptors (Lipinski definition) is 5. The topological polar surface area (TPSA) is 48.0 Å². The van der Waals surface area contributed by atoms with Gasteiger partial charge in [0.05, 0.1) is 5.76 Å². The fourth-order valence-electron chi connectivity index (χ4n) is 13.9. The third-order valence-corrected chi connectivity index (χ3v) is 18.6. The number of allylic oxidation sites excluding steroid dienone is 9. The maximum atomic E-state index is 13.2. The molecule has 384 valence electrons. The van der Waals surface area contributed by atoms with Gasteiger partial charge in [-0.25, -0.2) is 0 Å². The summed E-state index contributed by atoms with van der Waals surface area (Å²) >= 11 is 0. The summed E-state index contributed by atoms with van der Waals surface area (Å²) in [5.41, 5.74) is 12.7. The molecule has 0 bridgehead atoms. The van der Waals surface area contributed by atoms with Crippen LogP contribution in [0.25, 0.3) is 0 Å². The van der Waals surface area contributed by atoms with Crippen molar-refractivity contribution in [3.8, 4) is 11.5 Å². The monoisotopic (exact) mass is 946 g/mol. The molecule has 69 heavy (non-hydrogen) atoms. The fraction of sp³-hybridized carbons (Fsp3) is 0.703. The van der Waals surface area contributed by atoms with Gasteiger partial charge in [0, 0.05) is 31.4 Å². The van der Waals surface area contributed by atoms with Gasteiger partial charge in [-0.05, 0) is 222 Å². The predicted molar refractivity (Wildman–Crippen MR) is 292 cm³/mol. The van der Waals surface area contributed by atoms with Crippen molar-refractivity contribution in [1.82, 2.24) is 4.90 Å². The lowest BCUT2D eigenvalue weighted by molar-refractivity contribution is -0.134. The molecule has 0 aromatic heterocycles. The molecule has 3 fully saturated rings. The lowest BCUT2D eigenvalue weighted by atomic mass is 9.50. The third-order valence-electron chi connectivity index (χ3n) is 18.6. The van der Waals surface area contributed by atoms with Crippen LogP contribution in [0.15, 0.2) is 70.6 Å². The summed E-state index contributed by atoms with van der Waals surface area (Å²) < 4.78 is 19.6. The summed E-state index contributed by atoms with van der Waals surface area (Å²) in [6, 6.07) is 0. The number of carbonyl (C=O) groups excluding carboxylic acids is 1. The maximum absolute atomic E-state index is 13.2. The molecule has 3 saturated carbocycles. The Labute approximate surface area is 423 Å². The van der Waals surface area contributed by atoms with E-state index in [0.717, 1.165) is 168 Å². The van der Waals surface area contributed by atoms with Gasteiger partial charge in [0.2, 0.25) is 0 Å². The lowest BCUT2D eigenvalue weighted by Gasteiger charge is -2.55. The van der Waals surface area contributed by atoms with Crippen molar-refractivity contribution in [3.63, 3.8) is 0 Å². The second-order valence-corrected chi connectivity index (χ2v) is 24.3. The van der Waals surface area contributed by atoms with E-state index in [1.54, 1.807) is 11.1 Å². The Bertz CT molecular complexity index is 2110. The number of unbranched alkanes of at least 4 members (excludes halogenated alkanes) is 3. The second-order valence-electron chi connectivity index (χ2n) is 24.3. The minimum absolute atomic E-state index is 0.124. The zero-order valence-electron chi connectivity index (χ0n) is 46.5. The molecular weight excluding hydrogens is 847 g/mol. The van der Waals surface area contributed by atoms with E-state index in [1.807, 2.05) is 0 Å². The normalized spacial score (nSPS) is 27.7. The van der Waals surface area contributed by atoms with Crippen molar-refractivity contribution in [2.24, 2.45) is 34.5 Å². The van der Waals surface area contributed by atoms with Crippen molar-refractivity contribution < 1.29 is 19.0 Å². The summed E-state index contributed by atoms with van der Waals surface area (Å²) in [4.78, 5) is 15.8. The van der Waals surface area contributed by atoms with Crippen LogP contribution in [0.5, 0.6) is 11.5 Å². The summed E-state index contributed by atoms with van der Waals surface area (Å²) in [6.07, 6.45) is 35.4. The van der Waals surface area contributed by atoms with Gasteiger partial charge in [0.15, 0.2) is 0 Å². The standard InChI is InChI=1S/C64H99NO4/c1-15-65(42-36-48(8)67-53-33-39-63(13)52(43-53)29-30-55-57-32-31-56(45(4)5)64(57,14)40-35-58(55)63)41-19-17-16-18-28-59(66)68-60-49(9)50(10)61-54(51(60)11)34-38-62(12,69-61)37-22-27-47(7)26-21-25-46(6)24-20-23-44(2)3/h23,25,27,29-30,45,53,56-58H,8,15-22,24,26,28,31-43H2,1-7,9-14H3/b46-25+,47-27+. The number of carbonyl (C=O) groups is 1. The zero-order valence-corrected chi connectivity index (χ0v) is 46.5. The van der Waals surface area contributed by atoms with E-state index in [1.165, 1.54) is 54.4 Å². The highest BCUT2D eigenvalue weighted by molar-refractivity contribution is 5.74. The first-order valence-corrected chi connectivity index (χ1v) is 28.2. The van der Waals surface area contributed by atoms with Crippen LogP contribution < -0.4 is 9.47 Å². The Morgan fingerprint density at radius 1 is 0.797 bits per heavy atom. The molecule has 5 heteroatoms. The van der Waals surface area contributed by atoms with E-state index in [2.05, 4.69) is 132 Å².